The molecule has 19 heavy (non-hydrogen) atoms. The monoisotopic (exact) mass is 301 g/mol. The molecule has 2 aromatic rings. The summed E-state index contributed by atoms with van der Waals surface area (Å²) in [6.07, 6.45) is 2.59. The highest BCUT2D eigenvalue weighted by Gasteiger charge is 2.21. The Morgan fingerprint density at radius 1 is 1.26 bits per heavy atom. The van der Waals surface area contributed by atoms with Crippen molar-refractivity contribution >= 4 is 27.4 Å². The first-order valence-corrected chi connectivity index (χ1v) is 7.02. The van der Waals surface area contributed by atoms with Gasteiger partial charge in [-0.25, -0.2) is 22.8 Å². The Hall–Kier alpha value is -1.73. The first-order valence-electron chi connectivity index (χ1n) is 5.15. The summed E-state index contributed by atoms with van der Waals surface area (Å²) in [4.78, 5) is 6.95. The molecule has 0 bridgehead atoms. The summed E-state index contributed by atoms with van der Waals surface area (Å²) in [7, 11) is -4.10. The van der Waals surface area contributed by atoms with Crippen LogP contribution in [0.2, 0.25) is 5.15 Å². The first kappa shape index (κ1) is 13.7. The summed E-state index contributed by atoms with van der Waals surface area (Å²) in [5.41, 5.74) is 0.618. The van der Waals surface area contributed by atoms with Crippen LogP contribution in [0, 0.1) is 12.7 Å². The Balaban J connectivity index is 2.44. The molecule has 0 aliphatic carbocycles. The van der Waals surface area contributed by atoms with E-state index in [1.807, 2.05) is 0 Å². The van der Waals surface area contributed by atoms with Crippen LogP contribution in [0.4, 0.5) is 10.2 Å². The van der Waals surface area contributed by atoms with Crippen LogP contribution in [0.15, 0.2) is 35.5 Å². The Morgan fingerprint density at radius 3 is 2.63 bits per heavy atom. The molecule has 2 rings (SSSR count). The molecule has 1 aromatic heterocycles. The van der Waals surface area contributed by atoms with E-state index in [1.54, 1.807) is 6.92 Å². The molecule has 1 N–H and O–H groups in total. The van der Waals surface area contributed by atoms with Crippen molar-refractivity contribution in [2.24, 2.45) is 0 Å². The minimum atomic E-state index is -4.10. The maximum atomic E-state index is 13.6. The number of halogens is 2. The number of hydrogen-bond donors (Lipinski definition) is 1. The quantitative estimate of drug-likeness (QED) is 0.945. The van der Waals surface area contributed by atoms with Gasteiger partial charge in [0.2, 0.25) is 0 Å². The lowest BCUT2D eigenvalue weighted by Gasteiger charge is -2.09. The van der Waals surface area contributed by atoms with Crippen molar-refractivity contribution in [1.82, 2.24) is 9.97 Å². The van der Waals surface area contributed by atoms with Gasteiger partial charge in [0.05, 0.1) is 0 Å². The van der Waals surface area contributed by atoms with E-state index in [1.165, 1.54) is 24.5 Å². The zero-order valence-electron chi connectivity index (χ0n) is 9.76. The van der Waals surface area contributed by atoms with E-state index in [0.717, 1.165) is 6.07 Å². The predicted molar refractivity (Wildman–Crippen MR) is 69.0 cm³/mol. The van der Waals surface area contributed by atoms with Crippen molar-refractivity contribution in [2.45, 2.75) is 11.8 Å². The fourth-order valence-corrected chi connectivity index (χ4v) is 2.78. The zero-order chi connectivity index (χ0) is 14.0. The molecule has 0 atom stereocenters. The summed E-state index contributed by atoms with van der Waals surface area (Å²) >= 11 is 5.69. The van der Waals surface area contributed by atoms with Gasteiger partial charge >= 0.3 is 0 Å². The largest absolute Gasteiger partial charge is 0.266 e. The van der Waals surface area contributed by atoms with Crippen molar-refractivity contribution < 1.29 is 12.8 Å². The standard InChI is InChI=1S/C11H9ClFN3O2S/c1-7-2-3-8(13)9(6-7)19(17,18)16-11-10(12)14-4-5-15-11/h2-6H,1H3,(H,15,16). The van der Waals surface area contributed by atoms with Gasteiger partial charge in [0, 0.05) is 12.4 Å². The topological polar surface area (TPSA) is 72.0 Å². The Labute approximate surface area is 114 Å². The molecule has 0 radical (unpaired) electrons. The van der Waals surface area contributed by atoms with Crippen LogP contribution < -0.4 is 4.72 Å². The number of anilines is 1. The number of aryl methyl sites for hydroxylation is 1. The van der Waals surface area contributed by atoms with Gasteiger partial charge in [-0.05, 0) is 24.6 Å². The molecule has 1 aromatic carbocycles. The highest BCUT2D eigenvalue weighted by atomic mass is 35.5. The fraction of sp³-hybridized carbons (Fsp3) is 0.0909. The first-order chi connectivity index (χ1) is 8.90. The van der Waals surface area contributed by atoms with Gasteiger partial charge in [-0.3, -0.25) is 4.72 Å². The second kappa shape index (κ2) is 5.10. The molecule has 5 nitrogen and oxygen atoms in total. The Kier molecular flexibility index (Phi) is 3.68. The van der Waals surface area contributed by atoms with Crippen LogP contribution in [0.25, 0.3) is 0 Å². The molecule has 100 valence electrons. The lowest BCUT2D eigenvalue weighted by atomic mass is 10.2. The fourth-order valence-electron chi connectivity index (χ4n) is 1.39. The third-order valence-corrected chi connectivity index (χ3v) is 3.89. The summed E-state index contributed by atoms with van der Waals surface area (Å²) in [6.45, 7) is 1.66. The van der Waals surface area contributed by atoms with E-state index < -0.39 is 20.7 Å². The zero-order valence-corrected chi connectivity index (χ0v) is 11.3. The van der Waals surface area contributed by atoms with E-state index in [4.69, 9.17) is 11.6 Å². The molecule has 0 saturated heterocycles. The second-order valence-corrected chi connectivity index (χ2v) is 5.74. The third kappa shape index (κ3) is 2.99. The predicted octanol–water partition coefficient (Wildman–Crippen LogP) is 2.38. The molecule has 0 aliphatic rings. The van der Waals surface area contributed by atoms with Gasteiger partial charge in [-0.1, -0.05) is 17.7 Å². The third-order valence-electron chi connectivity index (χ3n) is 2.26. The van der Waals surface area contributed by atoms with Gasteiger partial charge in [0.25, 0.3) is 10.0 Å². The minimum Gasteiger partial charge on any atom is -0.261 e. The number of rotatable bonds is 3. The van der Waals surface area contributed by atoms with E-state index in [0.29, 0.717) is 5.56 Å². The van der Waals surface area contributed by atoms with Crippen LogP contribution in [0.5, 0.6) is 0 Å². The molecule has 0 unspecified atom stereocenters. The summed E-state index contributed by atoms with van der Waals surface area (Å²) in [5, 5.41) is -0.112. The molecule has 8 heteroatoms. The average Bonchev–Trinajstić information content (AvgIpc) is 2.35. The summed E-state index contributed by atoms with van der Waals surface area (Å²) < 4.78 is 39.8. The van der Waals surface area contributed by atoms with E-state index in [2.05, 4.69) is 14.7 Å². The van der Waals surface area contributed by atoms with Crippen molar-refractivity contribution in [3.63, 3.8) is 0 Å². The van der Waals surface area contributed by atoms with Gasteiger partial charge in [0.1, 0.15) is 10.7 Å². The maximum Gasteiger partial charge on any atom is 0.266 e. The Morgan fingerprint density at radius 2 is 1.95 bits per heavy atom. The number of sulfonamides is 1. The van der Waals surface area contributed by atoms with Crippen molar-refractivity contribution in [3.8, 4) is 0 Å². The molecular formula is C11H9ClFN3O2S. The SMILES string of the molecule is Cc1ccc(F)c(S(=O)(=O)Nc2nccnc2Cl)c1. The van der Waals surface area contributed by atoms with Gasteiger partial charge in [-0.15, -0.1) is 0 Å². The number of hydrogen-bond acceptors (Lipinski definition) is 4. The lowest BCUT2D eigenvalue weighted by molar-refractivity contribution is 0.569. The second-order valence-electron chi connectivity index (χ2n) is 3.74. The van der Waals surface area contributed by atoms with Crippen LogP contribution in [-0.4, -0.2) is 18.4 Å². The van der Waals surface area contributed by atoms with Gasteiger partial charge < -0.3 is 0 Å². The van der Waals surface area contributed by atoms with Crippen LogP contribution in [0.3, 0.4) is 0 Å². The van der Waals surface area contributed by atoms with Crippen molar-refractivity contribution in [3.05, 3.63) is 47.1 Å². The number of nitrogens with zero attached hydrogens (tertiary/aromatic N) is 2. The molecule has 0 aliphatic heterocycles. The molecule has 1 heterocycles. The van der Waals surface area contributed by atoms with E-state index in [-0.39, 0.29) is 11.0 Å². The number of benzene rings is 1. The Bertz CT molecular complexity index is 722. The highest BCUT2D eigenvalue weighted by Crippen LogP contribution is 2.22. The lowest BCUT2D eigenvalue weighted by Crippen LogP contribution is -2.16. The summed E-state index contributed by atoms with van der Waals surface area (Å²) in [6, 6.07) is 3.79. The van der Waals surface area contributed by atoms with Crippen LogP contribution >= 0.6 is 11.6 Å². The smallest absolute Gasteiger partial charge is 0.261 e. The van der Waals surface area contributed by atoms with Gasteiger partial charge in [-0.2, -0.15) is 0 Å². The van der Waals surface area contributed by atoms with Crippen LogP contribution in [-0.2, 0) is 10.0 Å². The van der Waals surface area contributed by atoms with E-state index in [9.17, 15) is 12.8 Å². The number of aromatic nitrogens is 2. The number of nitrogens with one attached hydrogen (secondary N) is 1. The molecule has 0 spiro atoms. The highest BCUT2D eigenvalue weighted by molar-refractivity contribution is 7.92. The molecule has 0 saturated carbocycles. The average molecular weight is 302 g/mol. The molecule has 0 fully saturated rings. The van der Waals surface area contributed by atoms with Crippen LogP contribution in [0.1, 0.15) is 5.56 Å². The van der Waals surface area contributed by atoms with Gasteiger partial charge in [0.15, 0.2) is 11.0 Å². The minimum absolute atomic E-state index is 0.112. The normalized spacial score (nSPS) is 11.3. The summed E-state index contributed by atoms with van der Waals surface area (Å²) in [5.74, 6) is -0.997. The maximum absolute atomic E-state index is 13.6. The molecule has 0 amide bonds. The van der Waals surface area contributed by atoms with E-state index >= 15 is 0 Å². The van der Waals surface area contributed by atoms with Crippen molar-refractivity contribution in [1.29, 1.82) is 0 Å². The molecular weight excluding hydrogens is 293 g/mol. The van der Waals surface area contributed by atoms with Crippen molar-refractivity contribution in [2.75, 3.05) is 4.72 Å².